The molecule has 0 aliphatic rings. The van der Waals surface area contributed by atoms with Crippen LogP contribution in [0.25, 0.3) is 5.69 Å². The summed E-state index contributed by atoms with van der Waals surface area (Å²) in [6.07, 6.45) is 0. The molecule has 108 valence electrons. The van der Waals surface area contributed by atoms with E-state index in [1.807, 2.05) is 22.6 Å². The van der Waals surface area contributed by atoms with Crippen LogP contribution in [-0.2, 0) is 14.5 Å². The van der Waals surface area contributed by atoms with Crippen molar-refractivity contribution in [1.82, 2.24) is 4.57 Å². The third-order valence-corrected chi connectivity index (χ3v) is 4.70. The maximum atomic E-state index is 11.2. The van der Waals surface area contributed by atoms with Crippen molar-refractivity contribution < 1.29 is 18.6 Å². The van der Waals surface area contributed by atoms with E-state index in [0.717, 1.165) is 10.6 Å². The zero-order valence-corrected chi connectivity index (χ0v) is 13.6. The van der Waals surface area contributed by atoms with Gasteiger partial charge in [-0.1, -0.05) is 34.2 Å². The molecule has 1 aromatic carbocycles. The van der Waals surface area contributed by atoms with Crippen molar-refractivity contribution in [2.24, 2.45) is 5.14 Å². The maximum Gasteiger partial charge on any atom is 0.238 e. The first kappa shape index (κ1) is 15.4. The molecule has 0 amide bonds. The van der Waals surface area contributed by atoms with Gasteiger partial charge in [-0.25, -0.2) is 18.1 Å². The zero-order valence-electron chi connectivity index (χ0n) is 9.92. The molecule has 0 unspecified atom stereocenters. The average molecular weight is 429 g/mol. The quantitative estimate of drug-likeness (QED) is 0.514. The van der Waals surface area contributed by atoms with Crippen LogP contribution in [0, 0.1) is 0 Å². The Morgan fingerprint density at radius 1 is 1.30 bits per heavy atom. The highest BCUT2D eigenvalue weighted by molar-refractivity contribution is 14.1. The first-order valence-electron chi connectivity index (χ1n) is 5.27. The van der Waals surface area contributed by atoms with Crippen LogP contribution in [0.1, 0.15) is 5.56 Å². The fourth-order valence-electron chi connectivity index (χ4n) is 1.72. The summed E-state index contributed by atoms with van der Waals surface area (Å²) >= 11 is 8.04. The molecule has 4 N–H and O–H groups in total. The van der Waals surface area contributed by atoms with Crippen LogP contribution in [0.2, 0.25) is 5.02 Å². The van der Waals surface area contributed by atoms with Crippen molar-refractivity contribution in [2.45, 2.75) is 9.32 Å². The largest absolute Gasteiger partial charge is 0.494 e. The molecular weight excluding hydrogens is 419 g/mol. The minimum absolute atomic E-state index is 0.0396. The zero-order chi connectivity index (χ0) is 15.1. The van der Waals surface area contributed by atoms with Gasteiger partial charge in [0.05, 0.1) is 15.6 Å². The first-order valence-corrected chi connectivity index (χ1v) is 8.72. The molecular formula is C11H10ClIN2O4S. The SMILES string of the molecule is NS(=O)(=O)c1ccc(-n2c(O)cc(CI)c2O)c(Cl)c1. The number of sulfonamides is 1. The molecule has 2 rings (SSSR count). The Morgan fingerprint density at radius 2 is 1.95 bits per heavy atom. The second kappa shape index (κ2) is 5.43. The van der Waals surface area contributed by atoms with Crippen LogP contribution in [-0.4, -0.2) is 23.2 Å². The lowest BCUT2D eigenvalue weighted by Gasteiger charge is -2.10. The van der Waals surface area contributed by atoms with Crippen LogP contribution in [0.15, 0.2) is 29.2 Å². The van der Waals surface area contributed by atoms with E-state index < -0.39 is 10.0 Å². The number of nitrogens with two attached hydrogens (primary N) is 1. The molecule has 0 saturated heterocycles. The van der Waals surface area contributed by atoms with Crippen LogP contribution in [0.3, 0.4) is 0 Å². The van der Waals surface area contributed by atoms with Crippen LogP contribution in [0.4, 0.5) is 0 Å². The number of hydrogen-bond donors (Lipinski definition) is 3. The number of primary sulfonamides is 1. The lowest BCUT2D eigenvalue weighted by Crippen LogP contribution is -2.12. The number of aromatic nitrogens is 1. The van der Waals surface area contributed by atoms with Gasteiger partial charge in [0.25, 0.3) is 0 Å². The monoisotopic (exact) mass is 428 g/mol. The van der Waals surface area contributed by atoms with Gasteiger partial charge in [-0.05, 0) is 18.2 Å². The van der Waals surface area contributed by atoms with E-state index >= 15 is 0 Å². The minimum Gasteiger partial charge on any atom is -0.494 e. The van der Waals surface area contributed by atoms with E-state index in [1.165, 1.54) is 18.2 Å². The van der Waals surface area contributed by atoms with E-state index in [4.69, 9.17) is 16.7 Å². The number of aromatic hydroxyl groups is 2. The Balaban J connectivity index is 2.63. The highest BCUT2D eigenvalue weighted by Gasteiger charge is 2.18. The number of benzene rings is 1. The standard InChI is InChI=1S/C11H10ClIN2O4S/c12-8-4-7(20(14,18)19)1-2-9(8)15-10(16)3-6(5-13)11(15)17/h1-4,16-17H,5H2,(H2,14,18,19). The Labute approximate surface area is 134 Å². The normalized spacial score (nSPS) is 11.8. The molecule has 0 bridgehead atoms. The number of alkyl halides is 1. The predicted octanol–water partition coefficient (Wildman–Crippen LogP) is 2.12. The molecule has 1 aromatic heterocycles. The summed E-state index contributed by atoms with van der Waals surface area (Å²) < 4.78 is 24.1. The summed E-state index contributed by atoms with van der Waals surface area (Å²) in [5.41, 5.74) is 0.792. The molecule has 0 aliphatic heterocycles. The molecule has 0 fully saturated rings. The van der Waals surface area contributed by atoms with E-state index in [9.17, 15) is 18.6 Å². The first-order chi connectivity index (χ1) is 9.25. The Bertz CT molecular complexity index is 773. The molecule has 20 heavy (non-hydrogen) atoms. The van der Waals surface area contributed by atoms with Crippen molar-refractivity contribution >= 4 is 44.2 Å². The van der Waals surface area contributed by atoms with Crippen molar-refractivity contribution in [1.29, 1.82) is 0 Å². The minimum atomic E-state index is -3.86. The molecule has 0 atom stereocenters. The van der Waals surface area contributed by atoms with Gasteiger partial charge in [0, 0.05) is 16.1 Å². The van der Waals surface area contributed by atoms with Gasteiger partial charge in [-0.2, -0.15) is 0 Å². The maximum absolute atomic E-state index is 11.2. The van der Waals surface area contributed by atoms with Gasteiger partial charge in [0.2, 0.25) is 15.9 Å². The number of nitrogens with zero attached hydrogens (tertiary/aromatic N) is 1. The third kappa shape index (κ3) is 2.73. The molecule has 1 heterocycles. The topological polar surface area (TPSA) is 106 Å². The summed E-state index contributed by atoms with van der Waals surface area (Å²) in [6, 6.07) is 5.18. The number of halogens is 2. The Morgan fingerprint density at radius 3 is 2.40 bits per heavy atom. The highest BCUT2D eigenvalue weighted by Crippen LogP contribution is 2.36. The molecule has 9 heteroatoms. The summed E-state index contributed by atoms with van der Waals surface area (Å²) in [5.74, 6) is -0.346. The van der Waals surface area contributed by atoms with E-state index in [1.54, 1.807) is 0 Å². The Kier molecular flexibility index (Phi) is 4.19. The van der Waals surface area contributed by atoms with Gasteiger partial charge in [0.15, 0.2) is 5.88 Å². The van der Waals surface area contributed by atoms with Crippen molar-refractivity contribution in [3.8, 4) is 17.4 Å². The molecule has 0 spiro atoms. The molecule has 0 aliphatic carbocycles. The van der Waals surface area contributed by atoms with E-state index in [2.05, 4.69) is 0 Å². The smallest absolute Gasteiger partial charge is 0.238 e. The number of hydrogen-bond acceptors (Lipinski definition) is 4. The van der Waals surface area contributed by atoms with Crippen molar-refractivity contribution in [3.63, 3.8) is 0 Å². The van der Waals surface area contributed by atoms with Gasteiger partial charge < -0.3 is 10.2 Å². The van der Waals surface area contributed by atoms with Gasteiger partial charge in [-0.15, -0.1) is 0 Å². The van der Waals surface area contributed by atoms with Crippen LogP contribution < -0.4 is 5.14 Å². The van der Waals surface area contributed by atoms with Gasteiger partial charge in [-0.3, -0.25) is 0 Å². The molecule has 0 saturated carbocycles. The lowest BCUT2D eigenvalue weighted by atomic mass is 10.3. The molecule has 2 aromatic rings. The predicted molar refractivity (Wildman–Crippen MR) is 83.2 cm³/mol. The van der Waals surface area contributed by atoms with E-state index in [0.29, 0.717) is 9.99 Å². The molecule has 0 radical (unpaired) electrons. The third-order valence-electron chi connectivity index (χ3n) is 2.66. The second-order valence-corrected chi connectivity index (χ2v) is 6.71. The van der Waals surface area contributed by atoms with Crippen molar-refractivity contribution in [2.75, 3.05) is 0 Å². The highest BCUT2D eigenvalue weighted by atomic mass is 127. The fourth-order valence-corrected chi connectivity index (χ4v) is 3.15. The number of rotatable bonds is 3. The van der Waals surface area contributed by atoms with E-state index in [-0.39, 0.29) is 27.4 Å². The van der Waals surface area contributed by atoms with Gasteiger partial charge >= 0.3 is 0 Å². The molecule has 6 nitrogen and oxygen atoms in total. The second-order valence-electron chi connectivity index (χ2n) is 3.98. The van der Waals surface area contributed by atoms with Crippen LogP contribution >= 0.6 is 34.2 Å². The fraction of sp³-hybridized carbons (Fsp3) is 0.0909. The average Bonchev–Trinajstić information content (AvgIpc) is 2.63. The summed E-state index contributed by atoms with van der Waals surface area (Å²) in [6.45, 7) is 0. The summed E-state index contributed by atoms with van der Waals surface area (Å²) in [5, 5.41) is 24.9. The van der Waals surface area contributed by atoms with Crippen LogP contribution in [0.5, 0.6) is 11.8 Å². The summed E-state index contributed by atoms with van der Waals surface area (Å²) in [7, 11) is -3.86. The summed E-state index contributed by atoms with van der Waals surface area (Å²) in [4.78, 5) is -0.147. The lowest BCUT2D eigenvalue weighted by molar-refractivity contribution is 0.401. The van der Waals surface area contributed by atoms with Gasteiger partial charge in [0.1, 0.15) is 0 Å². The Hall–Kier alpha value is -0.970. The van der Waals surface area contributed by atoms with Crippen molar-refractivity contribution in [3.05, 3.63) is 34.9 Å².